The zero-order chi connectivity index (χ0) is 12.7. The summed E-state index contributed by atoms with van der Waals surface area (Å²) in [5.41, 5.74) is 2.18. The van der Waals surface area contributed by atoms with Crippen LogP contribution in [0.1, 0.15) is 27.2 Å². The fourth-order valence-electron chi connectivity index (χ4n) is 2.14. The van der Waals surface area contributed by atoms with E-state index in [-0.39, 0.29) is 11.9 Å². The van der Waals surface area contributed by atoms with Crippen LogP contribution in [0.4, 0.5) is 0 Å². The number of hydrazine groups is 1. The Balaban J connectivity index is 4.29. The van der Waals surface area contributed by atoms with Gasteiger partial charge >= 0.3 is 0 Å². The van der Waals surface area contributed by atoms with Crippen LogP contribution < -0.4 is 11.3 Å². The SMILES string of the molecule is CCN(C(C)CC(=O)NN)C(C)CN(C)C. The molecular formula is C11H26N4O. The third-order valence-electron chi connectivity index (χ3n) is 2.77. The average Bonchev–Trinajstić information content (AvgIpc) is 2.17. The predicted molar refractivity (Wildman–Crippen MR) is 66.8 cm³/mol. The van der Waals surface area contributed by atoms with E-state index < -0.39 is 0 Å². The van der Waals surface area contributed by atoms with Gasteiger partial charge in [-0.1, -0.05) is 6.92 Å². The molecule has 96 valence electrons. The minimum Gasteiger partial charge on any atom is -0.308 e. The third kappa shape index (κ3) is 5.44. The van der Waals surface area contributed by atoms with Gasteiger partial charge in [-0.05, 0) is 34.5 Å². The number of amides is 1. The van der Waals surface area contributed by atoms with Gasteiger partial charge in [0, 0.05) is 25.0 Å². The minimum absolute atomic E-state index is 0.108. The molecule has 2 atom stereocenters. The zero-order valence-corrected chi connectivity index (χ0v) is 11.2. The molecule has 16 heavy (non-hydrogen) atoms. The molecule has 0 spiro atoms. The molecule has 0 bridgehead atoms. The Bertz CT molecular complexity index is 208. The summed E-state index contributed by atoms with van der Waals surface area (Å²) in [7, 11) is 4.11. The van der Waals surface area contributed by atoms with E-state index >= 15 is 0 Å². The van der Waals surface area contributed by atoms with Gasteiger partial charge in [-0.25, -0.2) is 5.84 Å². The van der Waals surface area contributed by atoms with Crippen molar-refractivity contribution in [2.45, 2.75) is 39.3 Å². The maximum Gasteiger partial charge on any atom is 0.235 e. The van der Waals surface area contributed by atoms with Gasteiger partial charge < -0.3 is 4.90 Å². The van der Waals surface area contributed by atoms with Crippen LogP contribution in [0.25, 0.3) is 0 Å². The van der Waals surface area contributed by atoms with Crippen LogP contribution in [0.2, 0.25) is 0 Å². The first-order chi connectivity index (χ1) is 7.42. The lowest BCUT2D eigenvalue weighted by Gasteiger charge is -2.34. The van der Waals surface area contributed by atoms with Gasteiger partial charge in [0.25, 0.3) is 0 Å². The number of carbonyl (C=O) groups excluding carboxylic acids is 1. The summed E-state index contributed by atoms with van der Waals surface area (Å²) in [4.78, 5) is 15.7. The predicted octanol–water partition coefficient (Wildman–Crippen LogP) is 0.0269. The molecule has 0 aromatic rings. The summed E-state index contributed by atoms with van der Waals surface area (Å²) in [6.07, 6.45) is 0.447. The molecule has 0 radical (unpaired) electrons. The van der Waals surface area contributed by atoms with E-state index in [1.807, 2.05) is 0 Å². The monoisotopic (exact) mass is 230 g/mol. The maximum atomic E-state index is 11.2. The number of likely N-dealkylation sites (N-methyl/N-ethyl adjacent to an activating group) is 2. The molecule has 0 aliphatic rings. The van der Waals surface area contributed by atoms with Crippen LogP contribution in [-0.2, 0) is 4.79 Å². The van der Waals surface area contributed by atoms with E-state index in [1.165, 1.54) is 0 Å². The van der Waals surface area contributed by atoms with Crippen LogP contribution in [0.15, 0.2) is 0 Å². The maximum absolute atomic E-state index is 11.2. The standard InChI is InChI=1S/C11H26N4O/c1-6-15(10(3)8-14(4)5)9(2)7-11(16)13-12/h9-10H,6-8,12H2,1-5H3,(H,13,16). The van der Waals surface area contributed by atoms with Gasteiger partial charge in [0.05, 0.1) is 0 Å². The Labute approximate surface area is 98.9 Å². The lowest BCUT2D eigenvalue weighted by atomic mass is 10.1. The number of nitrogens with two attached hydrogens (primary N) is 1. The first-order valence-corrected chi connectivity index (χ1v) is 5.82. The molecule has 0 aromatic carbocycles. The van der Waals surface area contributed by atoms with E-state index in [0.29, 0.717) is 12.5 Å². The van der Waals surface area contributed by atoms with Crippen molar-refractivity contribution in [2.75, 3.05) is 27.2 Å². The normalized spacial score (nSPS) is 15.2. The minimum atomic E-state index is -0.108. The van der Waals surface area contributed by atoms with Crippen LogP contribution in [0, 0.1) is 0 Å². The molecular weight excluding hydrogens is 204 g/mol. The quantitative estimate of drug-likeness (QED) is 0.368. The number of nitrogens with zero attached hydrogens (tertiary/aromatic N) is 2. The zero-order valence-electron chi connectivity index (χ0n) is 11.2. The second-order valence-corrected chi connectivity index (χ2v) is 4.56. The van der Waals surface area contributed by atoms with Crippen molar-refractivity contribution in [1.29, 1.82) is 0 Å². The molecule has 0 rings (SSSR count). The molecule has 0 aliphatic carbocycles. The second-order valence-electron chi connectivity index (χ2n) is 4.56. The van der Waals surface area contributed by atoms with Crippen molar-refractivity contribution in [3.05, 3.63) is 0 Å². The van der Waals surface area contributed by atoms with Crippen molar-refractivity contribution >= 4 is 5.91 Å². The van der Waals surface area contributed by atoms with Gasteiger partial charge in [0.2, 0.25) is 5.91 Å². The van der Waals surface area contributed by atoms with Crippen LogP contribution in [-0.4, -0.2) is 55.0 Å². The molecule has 0 saturated heterocycles. The molecule has 5 nitrogen and oxygen atoms in total. The van der Waals surface area contributed by atoms with E-state index in [4.69, 9.17) is 5.84 Å². The van der Waals surface area contributed by atoms with E-state index in [2.05, 4.69) is 50.1 Å². The Morgan fingerprint density at radius 3 is 2.25 bits per heavy atom. The number of carbonyl (C=O) groups is 1. The first kappa shape index (κ1) is 15.3. The van der Waals surface area contributed by atoms with Crippen molar-refractivity contribution in [3.63, 3.8) is 0 Å². The topological polar surface area (TPSA) is 61.6 Å². The number of rotatable bonds is 7. The smallest absolute Gasteiger partial charge is 0.235 e. The Hall–Kier alpha value is -0.650. The van der Waals surface area contributed by atoms with Crippen molar-refractivity contribution in [1.82, 2.24) is 15.2 Å². The number of hydrogen-bond donors (Lipinski definition) is 2. The van der Waals surface area contributed by atoms with Crippen molar-refractivity contribution < 1.29 is 4.79 Å². The number of hydrogen-bond acceptors (Lipinski definition) is 4. The molecule has 0 heterocycles. The van der Waals surface area contributed by atoms with E-state index in [0.717, 1.165) is 13.1 Å². The summed E-state index contributed by atoms with van der Waals surface area (Å²) in [5.74, 6) is 4.98. The second kappa shape index (κ2) is 7.60. The summed E-state index contributed by atoms with van der Waals surface area (Å²) >= 11 is 0. The van der Waals surface area contributed by atoms with Crippen molar-refractivity contribution in [2.24, 2.45) is 5.84 Å². The molecule has 0 aromatic heterocycles. The largest absolute Gasteiger partial charge is 0.308 e. The molecule has 0 saturated carbocycles. The summed E-state index contributed by atoms with van der Waals surface area (Å²) in [5, 5.41) is 0. The molecule has 1 amide bonds. The van der Waals surface area contributed by atoms with Gasteiger partial charge in [0.15, 0.2) is 0 Å². The first-order valence-electron chi connectivity index (χ1n) is 5.82. The molecule has 0 fully saturated rings. The summed E-state index contributed by atoms with van der Waals surface area (Å²) in [6, 6.07) is 0.643. The highest BCUT2D eigenvalue weighted by molar-refractivity contribution is 5.75. The van der Waals surface area contributed by atoms with Gasteiger partial charge in [-0.3, -0.25) is 15.1 Å². The molecule has 2 unspecified atom stereocenters. The van der Waals surface area contributed by atoms with Crippen LogP contribution >= 0.6 is 0 Å². The van der Waals surface area contributed by atoms with Gasteiger partial charge in [-0.15, -0.1) is 0 Å². The highest BCUT2D eigenvalue weighted by Gasteiger charge is 2.20. The molecule has 3 N–H and O–H groups in total. The summed E-state index contributed by atoms with van der Waals surface area (Å²) < 4.78 is 0. The van der Waals surface area contributed by atoms with Gasteiger partial charge in [0.1, 0.15) is 0 Å². The Kier molecular flexibility index (Phi) is 7.29. The van der Waals surface area contributed by atoms with Crippen LogP contribution in [0.3, 0.4) is 0 Å². The third-order valence-corrected chi connectivity index (χ3v) is 2.77. The van der Waals surface area contributed by atoms with E-state index in [9.17, 15) is 4.79 Å². The van der Waals surface area contributed by atoms with Gasteiger partial charge in [-0.2, -0.15) is 0 Å². The van der Waals surface area contributed by atoms with Crippen molar-refractivity contribution in [3.8, 4) is 0 Å². The Morgan fingerprint density at radius 1 is 1.31 bits per heavy atom. The fraction of sp³-hybridized carbons (Fsp3) is 0.909. The lowest BCUT2D eigenvalue weighted by Crippen LogP contribution is -2.47. The van der Waals surface area contributed by atoms with Crippen LogP contribution in [0.5, 0.6) is 0 Å². The summed E-state index contributed by atoms with van der Waals surface area (Å²) in [6.45, 7) is 8.28. The lowest BCUT2D eigenvalue weighted by molar-refractivity contribution is -0.122. The average molecular weight is 230 g/mol. The molecule has 5 heteroatoms. The fourth-order valence-corrected chi connectivity index (χ4v) is 2.14. The highest BCUT2D eigenvalue weighted by Crippen LogP contribution is 2.09. The van der Waals surface area contributed by atoms with E-state index in [1.54, 1.807) is 0 Å². The Morgan fingerprint density at radius 2 is 1.88 bits per heavy atom. The molecule has 0 aliphatic heterocycles. The number of nitrogens with one attached hydrogen (secondary N) is 1. The highest BCUT2D eigenvalue weighted by atomic mass is 16.2.